The van der Waals surface area contributed by atoms with Crippen LogP contribution in [0.25, 0.3) is 16.7 Å². The van der Waals surface area contributed by atoms with E-state index in [1.807, 2.05) is 59.3 Å². The fraction of sp³-hybridized carbons (Fsp3) is 0.262. The highest BCUT2D eigenvalue weighted by molar-refractivity contribution is 6.31. The summed E-state index contributed by atoms with van der Waals surface area (Å²) in [6, 6.07) is 24.1. The van der Waals surface area contributed by atoms with Crippen molar-refractivity contribution in [1.82, 2.24) is 23.9 Å². The van der Waals surface area contributed by atoms with Gasteiger partial charge in [0.1, 0.15) is 11.4 Å². The molecule has 1 N–H and O–H groups in total. The summed E-state index contributed by atoms with van der Waals surface area (Å²) in [7, 11) is 1.93. The van der Waals surface area contributed by atoms with E-state index in [9.17, 15) is 14.7 Å². The minimum atomic E-state index is -0.278. The number of morpholine rings is 1. The van der Waals surface area contributed by atoms with Crippen LogP contribution in [0, 0.1) is 13.8 Å². The number of amides is 2. The second-order valence-electron chi connectivity index (χ2n) is 13.9. The zero-order valence-electron chi connectivity index (χ0n) is 30.4. The maximum absolute atomic E-state index is 14.8. The topological polar surface area (TPSA) is 96.1 Å². The van der Waals surface area contributed by atoms with Crippen LogP contribution < -0.4 is 4.90 Å². The fourth-order valence-electron chi connectivity index (χ4n) is 7.64. The number of halogens is 2. The Morgan fingerprint density at radius 1 is 0.944 bits per heavy atom. The molecule has 0 bridgehead atoms. The highest BCUT2D eigenvalue weighted by atomic mass is 35.5. The number of benzene rings is 3. The second-order valence-corrected chi connectivity index (χ2v) is 14.4. The quantitative estimate of drug-likeness (QED) is 0.180. The van der Waals surface area contributed by atoms with Crippen LogP contribution in [0.15, 0.2) is 97.5 Å². The third kappa shape index (κ3) is 6.98. The molecule has 2 aliphatic rings. The van der Waals surface area contributed by atoms with Crippen LogP contribution in [0.1, 0.15) is 43.1 Å². The van der Waals surface area contributed by atoms with E-state index in [4.69, 9.17) is 16.3 Å². The van der Waals surface area contributed by atoms with E-state index >= 15 is 0 Å². The van der Waals surface area contributed by atoms with Gasteiger partial charge in [-0.2, -0.15) is 0 Å². The van der Waals surface area contributed by atoms with Crippen molar-refractivity contribution in [1.29, 1.82) is 0 Å². The molecule has 10 nitrogen and oxygen atoms in total. The fourth-order valence-corrected chi connectivity index (χ4v) is 7.81. The number of aryl methyl sites for hydroxylation is 1. The first-order chi connectivity index (χ1) is 25.7. The third-order valence-corrected chi connectivity index (χ3v) is 10.9. The average molecular weight is 766 g/mol. The van der Waals surface area contributed by atoms with Gasteiger partial charge in [0, 0.05) is 73.5 Å². The summed E-state index contributed by atoms with van der Waals surface area (Å²) in [5.41, 5.74) is 7.51. The molecular formula is C42H42Cl2N6O4. The zero-order chi connectivity index (χ0) is 36.8. The van der Waals surface area contributed by atoms with Crippen LogP contribution in [0.4, 0.5) is 11.4 Å². The largest absolute Gasteiger partial charge is 0.508 e. The molecule has 1 saturated heterocycles. The Morgan fingerprint density at radius 2 is 1.69 bits per heavy atom. The molecule has 0 unspecified atom stereocenters. The van der Waals surface area contributed by atoms with Crippen molar-refractivity contribution in [3.8, 4) is 11.4 Å². The molecule has 12 heteroatoms. The lowest BCUT2D eigenvalue weighted by Crippen LogP contribution is -2.52. The van der Waals surface area contributed by atoms with Crippen molar-refractivity contribution in [2.75, 3.05) is 37.7 Å². The number of nitrogens with zero attached hydrogens (tertiary/aromatic N) is 6. The molecule has 54 heavy (non-hydrogen) atoms. The van der Waals surface area contributed by atoms with E-state index in [2.05, 4.69) is 28.1 Å². The number of phenols is 1. The summed E-state index contributed by atoms with van der Waals surface area (Å²) in [6.07, 6.45) is 6.18. The Kier molecular flexibility index (Phi) is 10.5. The SMILES string of the molecule is Cc1c(C(=O)N(c2ccc(O)cc2)c2cnc3c(ccn3C)c2)cn(-c2cc(Cl)ccc2C(=O)N2Cc3ccccc3C[C@H]2CN2CCOCC2)c1C.Cl. The number of anilines is 2. The van der Waals surface area contributed by atoms with E-state index in [1.165, 1.54) is 5.56 Å². The number of pyridine rings is 1. The first-order valence-electron chi connectivity index (χ1n) is 17.9. The Labute approximate surface area is 325 Å². The summed E-state index contributed by atoms with van der Waals surface area (Å²) in [4.78, 5) is 40.3. The predicted octanol–water partition coefficient (Wildman–Crippen LogP) is 7.64. The number of hydrogen-bond acceptors (Lipinski definition) is 6. The number of phenolic OH excluding ortho intramolecular Hbond substituents is 1. The Hall–Kier alpha value is -5.13. The lowest BCUT2D eigenvalue weighted by Gasteiger charge is -2.40. The summed E-state index contributed by atoms with van der Waals surface area (Å²) in [5.74, 6) is -0.269. The molecule has 2 aliphatic heterocycles. The standard InChI is InChI=1S/C42H41ClN6O4.ClH/c1-27-28(2)47(26-38(27)42(52)49(33-9-11-36(50)12-10-33)34-21-30-14-15-45(3)40(30)44-23-34)39-22-32(43)8-13-37(39)41(51)48-24-31-7-5-4-6-29(31)20-35(48)25-46-16-18-53-19-17-46;/h4-15,21-23,26,35,50H,16-20,24-25H2,1-3H3;1H/t35-;/m0./s1. The smallest absolute Gasteiger partial charge is 0.264 e. The third-order valence-electron chi connectivity index (χ3n) is 10.7. The van der Waals surface area contributed by atoms with E-state index in [0.29, 0.717) is 53.0 Å². The minimum absolute atomic E-state index is 0. The number of hydrogen-bond donors (Lipinski definition) is 1. The molecule has 2 amide bonds. The Bertz CT molecular complexity index is 2350. The van der Waals surface area contributed by atoms with Gasteiger partial charge in [0.25, 0.3) is 11.8 Å². The molecule has 6 aromatic rings. The number of carbonyl (C=O) groups is 2. The van der Waals surface area contributed by atoms with E-state index in [1.54, 1.807) is 59.8 Å². The second kappa shape index (κ2) is 15.3. The first-order valence-corrected chi connectivity index (χ1v) is 18.2. The van der Waals surface area contributed by atoms with Crippen LogP contribution in [-0.4, -0.2) is 79.7 Å². The first kappa shape index (κ1) is 37.2. The van der Waals surface area contributed by atoms with Crippen molar-refractivity contribution in [3.63, 3.8) is 0 Å². The van der Waals surface area contributed by atoms with Gasteiger partial charge in [-0.15, -0.1) is 12.4 Å². The van der Waals surface area contributed by atoms with Gasteiger partial charge in [0.2, 0.25) is 0 Å². The monoisotopic (exact) mass is 764 g/mol. The molecule has 0 radical (unpaired) electrons. The van der Waals surface area contributed by atoms with Gasteiger partial charge < -0.3 is 23.9 Å². The molecule has 5 heterocycles. The van der Waals surface area contributed by atoms with Gasteiger partial charge in [-0.1, -0.05) is 35.9 Å². The number of fused-ring (bicyclic) bond motifs is 2. The van der Waals surface area contributed by atoms with E-state index < -0.39 is 0 Å². The highest BCUT2D eigenvalue weighted by Crippen LogP contribution is 2.35. The normalized spacial score (nSPS) is 15.9. The summed E-state index contributed by atoms with van der Waals surface area (Å²) in [5, 5.41) is 11.5. The Balaban J connectivity index is 0.00000450. The lowest BCUT2D eigenvalue weighted by molar-refractivity contribution is 0.0193. The molecule has 0 aliphatic carbocycles. The minimum Gasteiger partial charge on any atom is -0.508 e. The molecule has 3 aromatic heterocycles. The van der Waals surface area contributed by atoms with Crippen molar-refractivity contribution < 1.29 is 19.4 Å². The maximum atomic E-state index is 14.8. The van der Waals surface area contributed by atoms with Gasteiger partial charge >= 0.3 is 0 Å². The van der Waals surface area contributed by atoms with Crippen molar-refractivity contribution in [2.45, 2.75) is 32.9 Å². The summed E-state index contributed by atoms with van der Waals surface area (Å²) < 4.78 is 9.45. The zero-order valence-corrected chi connectivity index (χ0v) is 32.0. The van der Waals surface area contributed by atoms with E-state index in [0.717, 1.165) is 53.9 Å². The van der Waals surface area contributed by atoms with Crippen LogP contribution >= 0.6 is 24.0 Å². The van der Waals surface area contributed by atoms with Crippen LogP contribution in [-0.2, 0) is 24.8 Å². The maximum Gasteiger partial charge on any atom is 0.264 e. The number of aromatic nitrogens is 3. The molecule has 1 fully saturated rings. The lowest BCUT2D eigenvalue weighted by atomic mass is 9.92. The van der Waals surface area contributed by atoms with Crippen molar-refractivity contribution >= 4 is 58.2 Å². The van der Waals surface area contributed by atoms with Crippen molar-refractivity contribution in [3.05, 3.63) is 136 Å². The van der Waals surface area contributed by atoms with Gasteiger partial charge in [-0.3, -0.25) is 19.4 Å². The van der Waals surface area contributed by atoms with Crippen LogP contribution in [0.5, 0.6) is 5.75 Å². The van der Waals surface area contributed by atoms with Gasteiger partial charge in [-0.05, 0) is 91.6 Å². The molecule has 1 atom stereocenters. The number of rotatable bonds is 7. The molecule has 0 saturated carbocycles. The van der Waals surface area contributed by atoms with Crippen molar-refractivity contribution in [2.24, 2.45) is 7.05 Å². The molecule has 0 spiro atoms. The number of carbonyl (C=O) groups excluding carboxylic acids is 2. The van der Waals surface area contributed by atoms with Gasteiger partial charge in [-0.25, -0.2) is 4.98 Å². The molecule has 3 aromatic carbocycles. The van der Waals surface area contributed by atoms with Crippen LogP contribution in [0.3, 0.4) is 0 Å². The predicted molar refractivity (Wildman–Crippen MR) is 214 cm³/mol. The van der Waals surface area contributed by atoms with E-state index in [-0.39, 0.29) is 36.0 Å². The summed E-state index contributed by atoms with van der Waals surface area (Å²) in [6.45, 7) is 8.16. The molecule has 278 valence electrons. The van der Waals surface area contributed by atoms with Gasteiger partial charge in [0.05, 0.1) is 41.9 Å². The molecule has 8 rings (SSSR count). The Morgan fingerprint density at radius 3 is 2.44 bits per heavy atom. The average Bonchev–Trinajstić information content (AvgIpc) is 3.69. The number of ether oxygens (including phenoxy) is 1. The highest BCUT2D eigenvalue weighted by Gasteiger charge is 2.34. The number of aromatic hydroxyl groups is 1. The molecular weight excluding hydrogens is 723 g/mol. The van der Waals surface area contributed by atoms with Crippen LogP contribution in [0.2, 0.25) is 5.02 Å². The summed E-state index contributed by atoms with van der Waals surface area (Å²) >= 11 is 6.65. The van der Waals surface area contributed by atoms with Gasteiger partial charge in [0.15, 0.2) is 0 Å².